The van der Waals surface area contributed by atoms with Crippen molar-refractivity contribution in [1.82, 2.24) is 9.97 Å². The highest BCUT2D eigenvalue weighted by atomic mass is 16.3. The fourth-order valence-electron chi connectivity index (χ4n) is 3.70. The zero-order valence-corrected chi connectivity index (χ0v) is 15.0. The SMILES string of the molecule is Cc1ccccc1[C@H]1CC(=O)c2c(C)nc(NCc3ccco3)nc2C1. The Hall–Kier alpha value is -2.95. The minimum atomic E-state index is 0.134. The number of hydrogen-bond donors (Lipinski definition) is 1. The Morgan fingerprint density at radius 3 is 2.73 bits per heavy atom. The van der Waals surface area contributed by atoms with Crippen molar-refractivity contribution in [2.24, 2.45) is 0 Å². The fourth-order valence-corrected chi connectivity index (χ4v) is 3.70. The summed E-state index contributed by atoms with van der Waals surface area (Å²) >= 11 is 0. The number of anilines is 1. The summed E-state index contributed by atoms with van der Waals surface area (Å²) in [7, 11) is 0. The minimum absolute atomic E-state index is 0.134. The van der Waals surface area contributed by atoms with E-state index in [4.69, 9.17) is 4.42 Å². The fraction of sp³-hybridized carbons (Fsp3) is 0.286. The summed E-state index contributed by atoms with van der Waals surface area (Å²) in [5.74, 6) is 1.66. The molecule has 0 fully saturated rings. The third-order valence-electron chi connectivity index (χ3n) is 4.94. The van der Waals surface area contributed by atoms with Gasteiger partial charge in [-0.05, 0) is 49.4 Å². The molecule has 0 spiro atoms. The summed E-state index contributed by atoms with van der Waals surface area (Å²) in [4.78, 5) is 21.9. The van der Waals surface area contributed by atoms with Gasteiger partial charge in [0.25, 0.3) is 0 Å². The molecule has 1 aliphatic rings. The van der Waals surface area contributed by atoms with Crippen molar-refractivity contribution in [2.45, 2.75) is 39.2 Å². The lowest BCUT2D eigenvalue weighted by molar-refractivity contribution is 0.0962. The molecule has 132 valence electrons. The van der Waals surface area contributed by atoms with Crippen LogP contribution in [0.4, 0.5) is 5.95 Å². The van der Waals surface area contributed by atoms with Gasteiger partial charge in [0.2, 0.25) is 5.95 Å². The number of nitrogens with zero attached hydrogens (tertiary/aromatic N) is 2. The van der Waals surface area contributed by atoms with Gasteiger partial charge in [0.1, 0.15) is 5.76 Å². The van der Waals surface area contributed by atoms with Gasteiger partial charge in [-0.2, -0.15) is 0 Å². The van der Waals surface area contributed by atoms with Gasteiger partial charge in [-0.25, -0.2) is 9.97 Å². The molecule has 2 aromatic heterocycles. The molecule has 0 amide bonds. The molecule has 0 saturated heterocycles. The first-order valence-electron chi connectivity index (χ1n) is 8.84. The lowest BCUT2D eigenvalue weighted by Gasteiger charge is -2.25. The van der Waals surface area contributed by atoms with E-state index < -0.39 is 0 Å². The van der Waals surface area contributed by atoms with Crippen molar-refractivity contribution >= 4 is 11.7 Å². The maximum Gasteiger partial charge on any atom is 0.223 e. The predicted molar refractivity (Wildman–Crippen MR) is 99.4 cm³/mol. The molecule has 4 rings (SSSR count). The number of carbonyl (C=O) groups excluding carboxylic acids is 1. The van der Waals surface area contributed by atoms with E-state index in [9.17, 15) is 4.79 Å². The second-order valence-corrected chi connectivity index (χ2v) is 6.77. The molecule has 5 nitrogen and oxygen atoms in total. The number of benzene rings is 1. The molecular weight excluding hydrogens is 326 g/mol. The van der Waals surface area contributed by atoms with E-state index in [1.54, 1.807) is 6.26 Å². The van der Waals surface area contributed by atoms with Crippen molar-refractivity contribution < 1.29 is 9.21 Å². The Kier molecular flexibility index (Phi) is 4.29. The third-order valence-corrected chi connectivity index (χ3v) is 4.94. The van der Waals surface area contributed by atoms with Crippen LogP contribution >= 0.6 is 0 Å². The van der Waals surface area contributed by atoms with Crippen LogP contribution in [0.5, 0.6) is 0 Å². The molecule has 0 radical (unpaired) electrons. The zero-order valence-electron chi connectivity index (χ0n) is 15.0. The summed E-state index contributed by atoms with van der Waals surface area (Å²) < 4.78 is 5.33. The molecule has 0 unspecified atom stereocenters. The number of nitrogens with one attached hydrogen (secondary N) is 1. The molecule has 3 aromatic rings. The average Bonchev–Trinajstić information content (AvgIpc) is 3.13. The standard InChI is InChI=1S/C21H21N3O2/c1-13-6-3-4-8-17(13)15-10-18-20(19(25)11-15)14(2)23-21(24-18)22-12-16-7-5-9-26-16/h3-9,15H,10-12H2,1-2H3,(H,22,23,24)/t15-/m1/s1. The Bertz CT molecular complexity index is 948. The lowest BCUT2D eigenvalue weighted by atomic mass is 9.80. The smallest absolute Gasteiger partial charge is 0.223 e. The molecule has 5 heteroatoms. The molecule has 2 heterocycles. The number of ketones is 1. The van der Waals surface area contributed by atoms with E-state index in [0.717, 1.165) is 23.6 Å². The van der Waals surface area contributed by atoms with Crippen LogP contribution < -0.4 is 5.32 Å². The van der Waals surface area contributed by atoms with Gasteiger partial charge < -0.3 is 9.73 Å². The van der Waals surface area contributed by atoms with Crippen molar-refractivity contribution in [1.29, 1.82) is 0 Å². The van der Waals surface area contributed by atoms with Gasteiger partial charge >= 0.3 is 0 Å². The van der Waals surface area contributed by atoms with Crippen LogP contribution in [0.2, 0.25) is 0 Å². The lowest BCUT2D eigenvalue weighted by Crippen LogP contribution is -2.23. The highest BCUT2D eigenvalue weighted by Crippen LogP contribution is 2.34. The first-order chi connectivity index (χ1) is 12.6. The van der Waals surface area contributed by atoms with E-state index in [1.165, 1.54) is 11.1 Å². The first-order valence-corrected chi connectivity index (χ1v) is 8.84. The van der Waals surface area contributed by atoms with Crippen molar-refractivity contribution in [3.63, 3.8) is 0 Å². The zero-order chi connectivity index (χ0) is 18.1. The number of Topliss-reactive ketones (excluding diaryl/α,β-unsaturated/α-hetero) is 1. The predicted octanol–water partition coefficient (Wildman–Crippen LogP) is 4.21. The second kappa shape index (κ2) is 6.75. The van der Waals surface area contributed by atoms with E-state index in [-0.39, 0.29) is 11.7 Å². The normalized spacial score (nSPS) is 16.4. The molecule has 1 N–H and O–H groups in total. The quantitative estimate of drug-likeness (QED) is 0.765. The Morgan fingerprint density at radius 1 is 1.12 bits per heavy atom. The van der Waals surface area contributed by atoms with E-state index >= 15 is 0 Å². The van der Waals surface area contributed by atoms with Gasteiger partial charge in [0.15, 0.2) is 5.78 Å². The van der Waals surface area contributed by atoms with Crippen molar-refractivity contribution in [3.05, 3.63) is 76.5 Å². The molecule has 0 saturated carbocycles. The largest absolute Gasteiger partial charge is 0.467 e. The first kappa shape index (κ1) is 16.5. The Morgan fingerprint density at radius 2 is 1.96 bits per heavy atom. The topological polar surface area (TPSA) is 68.0 Å². The van der Waals surface area contributed by atoms with Crippen molar-refractivity contribution in [3.8, 4) is 0 Å². The maximum absolute atomic E-state index is 12.7. The van der Waals surface area contributed by atoms with Crippen molar-refractivity contribution in [2.75, 3.05) is 5.32 Å². The highest BCUT2D eigenvalue weighted by molar-refractivity contribution is 5.99. The van der Waals surface area contributed by atoms with Gasteiger partial charge in [0, 0.05) is 6.42 Å². The molecule has 1 aliphatic carbocycles. The van der Waals surface area contributed by atoms with Gasteiger partial charge in [0.05, 0.1) is 29.8 Å². The highest BCUT2D eigenvalue weighted by Gasteiger charge is 2.30. The summed E-state index contributed by atoms with van der Waals surface area (Å²) in [6, 6.07) is 12.0. The van der Waals surface area contributed by atoms with Crippen LogP contribution in [0.25, 0.3) is 0 Å². The molecule has 26 heavy (non-hydrogen) atoms. The number of carbonyl (C=O) groups is 1. The molecule has 1 atom stereocenters. The molecule has 0 bridgehead atoms. The molecule has 0 aliphatic heterocycles. The maximum atomic E-state index is 12.7. The second-order valence-electron chi connectivity index (χ2n) is 6.77. The Balaban J connectivity index is 1.63. The van der Waals surface area contributed by atoms with Crippen LogP contribution in [-0.4, -0.2) is 15.8 Å². The number of furan rings is 1. The number of aryl methyl sites for hydroxylation is 2. The number of fused-ring (bicyclic) bond motifs is 1. The summed E-state index contributed by atoms with van der Waals surface area (Å²) in [5, 5.41) is 3.19. The number of rotatable bonds is 4. The number of hydrogen-bond acceptors (Lipinski definition) is 5. The van der Waals surface area contributed by atoms with Crippen LogP contribution in [0, 0.1) is 13.8 Å². The van der Waals surface area contributed by atoms with Gasteiger partial charge in [-0.15, -0.1) is 0 Å². The third kappa shape index (κ3) is 3.12. The summed E-state index contributed by atoms with van der Waals surface area (Å²) in [5.41, 5.74) is 4.72. The van der Waals surface area contributed by atoms with E-state index in [1.807, 2.05) is 31.2 Å². The Labute approximate surface area is 152 Å². The summed E-state index contributed by atoms with van der Waals surface area (Å²) in [6.45, 7) is 4.49. The van der Waals surface area contributed by atoms with Crippen LogP contribution in [0.1, 0.15) is 51.0 Å². The van der Waals surface area contributed by atoms with E-state index in [2.05, 4.69) is 34.3 Å². The summed E-state index contributed by atoms with van der Waals surface area (Å²) in [6.07, 6.45) is 2.91. The minimum Gasteiger partial charge on any atom is -0.467 e. The van der Waals surface area contributed by atoms with Crippen LogP contribution in [-0.2, 0) is 13.0 Å². The van der Waals surface area contributed by atoms with Gasteiger partial charge in [-0.1, -0.05) is 24.3 Å². The number of aromatic nitrogens is 2. The van der Waals surface area contributed by atoms with Crippen LogP contribution in [0.15, 0.2) is 47.1 Å². The molecule has 1 aromatic carbocycles. The monoisotopic (exact) mass is 347 g/mol. The van der Waals surface area contributed by atoms with Crippen LogP contribution in [0.3, 0.4) is 0 Å². The average molecular weight is 347 g/mol. The van der Waals surface area contributed by atoms with E-state index in [0.29, 0.717) is 24.5 Å². The molecular formula is C21H21N3O2. The van der Waals surface area contributed by atoms with Gasteiger partial charge in [-0.3, -0.25) is 4.79 Å².